The van der Waals surface area contributed by atoms with E-state index in [-0.39, 0.29) is 0 Å². The van der Waals surface area contributed by atoms with Crippen molar-refractivity contribution in [3.8, 4) is 0 Å². The fourth-order valence-corrected chi connectivity index (χ4v) is 0. The quantitative estimate of drug-likeness (QED) is 0.432. The second-order valence-corrected chi connectivity index (χ2v) is 5.05. The zero-order valence-corrected chi connectivity index (χ0v) is 6.73. The van der Waals surface area contributed by atoms with Crippen LogP contribution in [0.1, 0.15) is 20.8 Å². The lowest BCUT2D eigenvalue weighted by Gasteiger charge is -2.12. The molecule has 0 aliphatic carbocycles. The van der Waals surface area contributed by atoms with Crippen LogP contribution >= 0.6 is 17.2 Å². The molecule has 0 heterocycles. The summed E-state index contributed by atoms with van der Waals surface area (Å²) in [7, 11) is 3.74. The molecule has 0 aliphatic heterocycles. The molecule has 0 N–H and O–H groups in total. The van der Waals surface area contributed by atoms with E-state index in [1.165, 1.54) is 0 Å². The van der Waals surface area contributed by atoms with E-state index in [1.807, 2.05) is 0 Å². The van der Waals surface area contributed by atoms with Gasteiger partial charge in [0, 0.05) is 0 Å². The summed E-state index contributed by atoms with van der Waals surface area (Å²) in [6.07, 6.45) is 0. The molecular weight excluding hydrogens is 110 g/mol. The van der Waals surface area contributed by atoms with Crippen LogP contribution in [-0.2, 0) is 0 Å². The van der Waals surface area contributed by atoms with Gasteiger partial charge in [0.05, 0.1) is 0 Å². The van der Waals surface area contributed by atoms with Crippen molar-refractivity contribution in [1.82, 2.24) is 0 Å². The molecule has 0 fully saturated rings. The van der Waals surface area contributed by atoms with E-state index in [0.29, 0.717) is 5.16 Å². The van der Waals surface area contributed by atoms with Crippen LogP contribution in [-0.4, -0.2) is 5.16 Å². The van der Waals surface area contributed by atoms with E-state index in [4.69, 9.17) is 0 Å². The van der Waals surface area contributed by atoms with E-state index < -0.39 is 0 Å². The molecule has 38 valence electrons. The standard InChI is InChI=1S/C4H12P2/c1-4(2,3)6-5/h6H,5H2,1-3H3. The van der Waals surface area contributed by atoms with Crippen molar-refractivity contribution in [2.45, 2.75) is 25.9 Å². The fraction of sp³-hybridized carbons (Fsp3) is 1.00. The zero-order valence-electron chi connectivity index (χ0n) is 4.58. The maximum atomic E-state index is 2.75. The molecule has 2 heteroatoms. The lowest BCUT2D eigenvalue weighted by Crippen LogP contribution is -2.00. The predicted octanol–water partition coefficient (Wildman–Crippen LogP) is 2.25. The van der Waals surface area contributed by atoms with Crippen molar-refractivity contribution in [3.05, 3.63) is 0 Å². The number of rotatable bonds is 0. The molecule has 0 aromatic carbocycles. The monoisotopic (exact) mass is 122 g/mol. The van der Waals surface area contributed by atoms with Gasteiger partial charge in [-0.2, -0.15) is 0 Å². The van der Waals surface area contributed by atoms with Gasteiger partial charge >= 0.3 is 0 Å². The second kappa shape index (κ2) is 2.24. The van der Waals surface area contributed by atoms with Crippen LogP contribution < -0.4 is 0 Å². The molecule has 6 heavy (non-hydrogen) atoms. The van der Waals surface area contributed by atoms with Gasteiger partial charge in [-0.25, -0.2) is 0 Å². The van der Waals surface area contributed by atoms with Crippen molar-refractivity contribution in [2.75, 3.05) is 0 Å². The molecule has 0 aromatic heterocycles. The van der Waals surface area contributed by atoms with E-state index in [9.17, 15) is 0 Å². The molecule has 2 atom stereocenters. The first-order valence-corrected chi connectivity index (χ1v) is 4.85. The third-order valence-electron chi connectivity index (χ3n) is 0.433. The Morgan fingerprint density at radius 1 is 1.33 bits per heavy atom. The van der Waals surface area contributed by atoms with E-state index >= 15 is 0 Å². The summed E-state index contributed by atoms with van der Waals surface area (Å²) in [5.41, 5.74) is 0. The lowest BCUT2D eigenvalue weighted by atomic mass is 10.3. The highest BCUT2D eigenvalue weighted by Gasteiger charge is 2.03. The molecule has 0 saturated carbocycles. The van der Waals surface area contributed by atoms with Crippen LogP contribution in [0.25, 0.3) is 0 Å². The van der Waals surface area contributed by atoms with E-state index in [0.717, 1.165) is 8.27 Å². The summed E-state index contributed by atoms with van der Waals surface area (Å²) >= 11 is 0. The molecule has 0 saturated heterocycles. The van der Waals surface area contributed by atoms with Gasteiger partial charge < -0.3 is 0 Å². The maximum absolute atomic E-state index is 2.75. The summed E-state index contributed by atoms with van der Waals surface area (Å²) in [6, 6.07) is 0. The molecule has 0 amide bonds. The van der Waals surface area contributed by atoms with Crippen molar-refractivity contribution >= 4 is 17.2 Å². The Hall–Kier alpha value is 0.860. The second-order valence-electron chi connectivity index (χ2n) is 2.39. The normalized spacial score (nSPS) is 14.0. The van der Waals surface area contributed by atoms with Crippen LogP contribution in [0.2, 0.25) is 0 Å². The van der Waals surface area contributed by atoms with Gasteiger partial charge in [-0.15, -0.1) is 8.93 Å². The van der Waals surface area contributed by atoms with Crippen LogP contribution in [0.5, 0.6) is 0 Å². The minimum absolute atomic E-state index is 0.532. The highest BCUT2D eigenvalue weighted by Crippen LogP contribution is 2.36. The van der Waals surface area contributed by atoms with Crippen LogP contribution in [0.15, 0.2) is 0 Å². The lowest BCUT2D eigenvalue weighted by molar-refractivity contribution is 0.802. The number of hydrogen-bond donors (Lipinski definition) is 0. The van der Waals surface area contributed by atoms with Gasteiger partial charge in [0.1, 0.15) is 0 Å². The highest BCUT2D eigenvalue weighted by atomic mass is 32.0. The Kier molecular flexibility index (Phi) is 2.56. The van der Waals surface area contributed by atoms with Crippen molar-refractivity contribution in [3.63, 3.8) is 0 Å². The topological polar surface area (TPSA) is 0 Å². The van der Waals surface area contributed by atoms with Crippen LogP contribution in [0.3, 0.4) is 0 Å². The smallest absolute Gasteiger partial charge is 0.0173 e. The first kappa shape index (κ1) is 6.86. The van der Waals surface area contributed by atoms with E-state index in [1.54, 1.807) is 0 Å². The highest BCUT2D eigenvalue weighted by molar-refractivity contribution is 8.03. The van der Waals surface area contributed by atoms with Crippen LogP contribution in [0, 0.1) is 0 Å². The molecule has 2 unspecified atom stereocenters. The van der Waals surface area contributed by atoms with Gasteiger partial charge in [0.2, 0.25) is 0 Å². The molecule has 0 spiro atoms. The minimum Gasteiger partial charge on any atom is -0.114 e. The summed E-state index contributed by atoms with van der Waals surface area (Å²) in [4.78, 5) is 0. The zero-order chi connectivity index (χ0) is 5.21. The van der Waals surface area contributed by atoms with Crippen LogP contribution in [0.4, 0.5) is 0 Å². The number of hydrogen-bond acceptors (Lipinski definition) is 0. The Labute approximate surface area is 44.0 Å². The summed E-state index contributed by atoms with van der Waals surface area (Å²) in [5, 5.41) is 0.532. The summed E-state index contributed by atoms with van der Waals surface area (Å²) < 4.78 is 0. The molecule has 0 aromatic rings. The first-order valence-electron chi connectivity index (χ1n) is 2.04. The molecule has 0 bridgehead atoms. The third kappa shape index (κ3) is 4.86. The molecule has 0 aliphatic rings. The summed E-state index contributed by atoms with van der Waals surface area (Å²) in [5.74, 6) is 0. The molecule has 0 radical (unpaired) electrons. The molecule has 0 rings (SSSR count). The van der Waals surface area contributed by atoms with Gasteiger partial charge in [0.15, 0.2) is 0 Å². The third-order valence-corrected chi connectivity index (χ3v) is 3.90. The Morgan fingerprint density at radius 2 is 1.50 bits per heavy atom. The van der Waals surface area contributed by atoms with Crippen molar-refractivity contribution in [2.24, 2.45) is 0 Å². The average molecular weight is 122 g/mol. The van der Waals surface area contributed by atoms with Gasteiger partial charge in [-0.1, -0.05) is 29.0 Å². The Bertz CT molecular complexity index is 35.3. The Balaban J connectivity index is 3.17. The SMILES string of the molecule is CC(C)(C)PP. The summed E-state index contributed by atoms with van der Waals surface area (Å²) in [6.45, 7) is 6.70. The van der Waals surface area contributed by atoms with Crippen molar-refractivity contribution < 1.29 is 0 Å². The fourth-order valence-electron chi connectivity index (χ4n) is 0. The minimum atomic E-state index is 0.532. The van der Waals surface area contributed by atoms with Gasteiger partial charge in [0.25, 0.3) is 0 Å². The van der Waals surface area contributed by atoms with Gasteiger partial charge in [-0.05, 0) is 5.16 Å². The average Bonchev–Trinajstić information content (AvgIpc) is 1.35. The predicted molar refractivity (Wildman–Crippen MR) is 37.8 cm³/mol. The Morgan fingerprint density at radius 3 is 1.50 bits per heavy atom. The molecular formula is C4H12P2. The largest absolute Gasteiger partial charge is 0.114 e. The maximum Gasteiger partial charge on any atom is -0.0173 e. The molecule has 0 nitrogen and oxygen atoms in total. The van der Waals surface area contributed by atoms with E-state index in [2.05, 4.69) is 29.7 Å². The van der Waals surface area contributed by atoms with Gasteiger partial charge in [-0.3, -0.25) is 0 Å². The van der Waals surface area contributed by atoms with Crippen molar-refractivity contribution in [1.29, 1.82) is 0 Å². The first-order chi connectivity index (χ1) is 2.56.